The van der Waals surface area contributed by atoms with E-state index in [1.807, 2.05) is 0 Å². The van der Waals surface area contributed by atoms with Crippen LogP contribution in [0.4, 0.5) is 0 Å². The molecule has 7 N–H and O–H groups in total. The molecule has 2 rings (SSSR count). The van der Waals surface area contributed by atoms with Crippen LogP contribution < -0.4 is 21.7 Å². The minimum Gasteiger partial charge on any atom is -0.508 e. The average Bonchev–Trinajstić information content (AvgIpc) is 2.83. The summed E-state index contributed by atoms with van der Waals surface area (Å²) in [7, 11) is 0. The van der Waals surface area contributed by atoms with Crippen molar-refractivity contribution >= 4 is 36.3 Å². The summed E-state index contributed by atoms with van der Waals surface area (Å²) in [6, 6.07) is 11.6. The highest BCUT2D eigenvalue weighted by molar-refractivity contribution is 7.80. The molecular weight excluding hydrogens is 460 g/mol. The molecular formula is C23H28N4O6S. The summed E-state index contributed by atoms with van der Waals surface area (Å²) in [5, 5.41) is 26.2. The molecule has 0 saturated heterocycles. The molecule has 2 aromatic carbocycles. The van der Waals surface area contributed by atoms with Gasteiger partial charge >= 0.3 is 5.97 Å². The molecule has 0 aliphatic rings. The van der Waals surface area contributed by atoms with Crippen LogP contribution in [-0.2, 0) is 32.0 Å². The maximum atomic E-state index is 13.1. The Kier molecular flexibility index (Phi) is 10.4. The van der Waals surface area contributed by atoms with E-state index in [2.05, 4.69) is 28.6 Å². The summed E-state index contributed by atoms with van der Waals surface area (Å²) < 4.78 is 0. The monoisotopic (exact) mass is 488 g/mol. The van der Waals surface area contributed by atoms with Crippen LogP contribution >= 0.6 is 12.6 Å². The molecule has 11 heteroatoms. The number of nitrogens with two attached hydrogens (primary N) is 1. The van der Waals surface area contributed by atoms with Gasteiger partial charge in [-0.15, -0.1) is 0 Å². The molecule has 34 heavy (non-hydrogen) atoms. The van der Waals surface area contributed by atoms with Crippen LogP contribution in [0.1, 0.15) is 11.1 Å². The lowest BCUT2D eigenvalue weighted by Crippen LogP contribution is -2.57. The fourth-order valence-corrected chi connectivity index (χ4v) is 3.37. The minimum atomic E-state index is -1.26. The second kappa shape index (κ2) is 13.2. The molecule has 3 atom stereocenters. The van der Waals surface area contributed by atoms with Gasteiger partial charge in [0.05, 0.1) is 6.54 Å². The minimum absolute atomic E-state index is 0.0486. The van der Waals surface area contributed by atoms with Crippen molar-refractivity contribution < 1.29 is 29.4 Å². The van der Waals surface area contributed by atoms with Crippen LogP contribution in [0, 0.1) is 0 Å². The van der Waals surface area contributed by atoms with Crippen molar-refractivity contribution in [1.82, 2.24) is 16.0 Å². The summed E-state index contributed by atoms with van der Waals surface area (Å²) in [5.41, 5.74) is 6.77. The largest absolute Gasteiger partial charge is 0.508 e. The number of hydrogen-bond donors (Lipinski definition) is 7. The van der Waals surface area contributed by atoms with Gasteiger partial charge in [-0.25, -0.2) is 4.79 Å². The maximum Gasteiger partial charge on any atom is 0.327 e. The molecule has 0 aliphatic heterocycles. The Hall–Kier alpha value is -3.57. The zero-order valence-corrected chi connectivity index (χ0v) is 19.2. The van der Waals surface area contributed by atoms with Gasteiger partial charge < -0.3 is 31.9 Å². The molecule has 0 spiro atoms. The molecule has 0 aromatic heterocycles. The zero-order valence-electron chi connectivity index (χ0n) is 18.3. The molecule has 0 saturated carbocycles. The SMILES string of the molecule is NCC(=O)NC(Cc1ccc(O)cc1)C(=O)NC(Cc1ccccc1)C(=O)NC(CS)C(=O)O. The highest BCUT2D eigenvalue weighted by Crippen LogP contribution is 2.12. The Bertz CT molecular complexity index is 987. The number of phenols is 1. The Morgan fingerprint density at radius 2 is 1.29 bits per heavy atom. The third kappa shape index (κ3) is 8.41. The third-order valence-electron chi connectivity index (χ3n) is 4.93. The van der Waals surface area contributed by atoms with E-state index < -0.39 is 41.8 Å². The molecule has 0 bridgehead atoms. The molecule has 182 valence electrons. The number of amides is 3. The number of nitrogens with one attached hydrogen (secondary N) is 3. The smallest absolute Gasteiger partial charge is 0.327 e. The molecule has 3 unspecified atom stereocenters. The highest BCUT2D eigenvalue weighted by Gasteiger charge is 2.29. The van der Waals surface area contributed by atoms with Gasteiger partial charge in [0, 0.05) is 18.6 Å². The van der Waals surface area contributed by atoms with Gasteiger partial charge in [-0.1, -0.05) is 42.5 Å². The quantitative estimate of drug-likeness (QED) is 0.199. The van der Waals surface area contributed by atoms with E-state index in [4.69, 9.17) is 5.73 Å². The lowest BCUT2D eigenvalue weighted by atomic mass is 10.0. The Morgan fingerprint density at radius 3 is 1.79 bits per heavy atom. The Balaban J connectivity index is 2.25. The predicted octanol–water partition coefficient (Wildman–Crippen LogP) is -0.395. The number of benzene rings is 2. The predicted molar refractivity (Wildman–Crippen MR) is 128 cm³/mol. The second-order valence-electron chi connectivity index (χ2n) is 7.53. The van der Waals surface area contributed by atoms with Crippen LogP contribution in [0.25, 0.3) is 0 Å². The second-order valence-corrected chi connectivity index (χ2v) is 7.89. The van der Waals surface area contributed by atoms with E-state index in [9.17, 15) is 29.4 Å². The lowest BCUT2D eigenvalue weighted by Gasteiger charge is -2.24. The van der Waals surface area contributed by atoms with E-state index >= 15 is 0 Å². The molecule has 0 fully saturated rings. The fourth-order valence-electron chi connectivity index (χ4n) is 3.12. The zero-order chi connectivity index (χ0) is 25.1. The summed E-state index contributed by atoms with van der Waals surface area (Å²) in [6.07, 6.45) is 0.167. The van der Waals surface area contributed by atoms with Crippen molar-refractivity contribution in [2.24, 2.45) is 5.73 Å². The van der Waals surface area contributed by atoms with Crippen molar-refractivity contribution in [1.29, 1.82) is 0 Å². The number of phenolic OH excluding ortho intramolecular Hbond substituents is 1. The van der Waals surface area contributed by atoms with Crippen molar-refractivity contribution in [3.05, 3.63) is 65.7 Å². The number of carboxylic acid groups (broad SMARTS) is 1. The summed E-state index contributed by atoms with van der Waals surface area (Å²) in [5.74, 6) is -3.26. The fraction of sp³-hybridized carbons (Fsp3) is 0.304. The van der Waals surface area contributed by atoms with Crippen molar-refractivity contribution in [2.45, 2.75) is 31.0 Å². The number of thiol groups is 1. The standard InChI is InChI=1S/C23H28N4O6S/c24-12-20(29)25-17(11-15-6-8-16(28)9-7-15)21(30)26-18(10-14-4-2-1-3-5-14)22(31)27-19(13-34)23(32)33/h1-9,17-19,28,34H,10-13,24H2,(H,25,29)(H,26,30)(H,27,31)(H,32,33). The molecule has 3 amide bonds. The highest BCUT2D eigenvalue weighted by atomic mass is 32.1. The summed E-state index contributed by atoms with van der Waals surface area (Å²) >= 11 is 3.95. The first-order chi connectivity index (χ1) is 16.2. The van der Waals surface area contributed by atoms with Crippen molar-refractivity contribution in [3.8, 4) is 5.75 Å². The summed E-state index contributed by atoms with van der Waals surface area (Å²) in [4.78, 5) is 49.3. The molecule has 10 nitrogen and oxygen atoms in total. The topological polar surface area (TPSA) is 171 Å². The van der Waals surface area contributed by atoms with Crippen molar-refractivity contribution in [2.75, 3.05) is 12.3 Å². The van der Waals surface area contributed by atoms with Crippen LogP contribution in [0.5, 0.6) is 5.75 Å². The molecule has 0 aliphatic carbocycles. The number of carboxylic acids is 1. The van der Waals surface area contributed by atoms with Gasteiger partial charge in [0.25, 0.3) is 0 Å². The van der Waals surface area contributed by atoms with E-state index in [-0.39, 0.29) is 30.9 Å². The number of aliphatic carboxylic acids is 1. The number of hydrogen-bond acceptors (Lipinski definition) is 7. The average molecular weight is 489 g/mol. The van der Waals surface area contributed by atoms with E-state index in [1.54, 1.807) is 42.5 Å². The normalized spacial score (nSPS) is 13.2. The van der Waals surface area contributed by atoms with E-state index in [0.717, 1.165) is 5.56 Å². The van der Waals surface area contributed by atoms with Gasteiger partial charge in [-0.3, -0.25) is 14.4 Å². The number of rotatable bonds is 12. The lowest BCUT2D eigenvalue weighted by molar-refractivity contribution is -0.141. The van der Waals surface area contributed by atoms with Gasteiger partial charge in [0.1, 0.15) is 23.9 Å². The first-order valence-electron chi connectivity index (χ1n) is 10.5. The van der Waals surface area contributed by atoms with E-state index in [1.165, 1.54) is 12.1 Å². The van der Waals surface area contributed by atoms with Gasteiger partial charge in [-0.2, -0.15) is 12.6 Å². The number of aromatic hydroxyl groups is 1. The van der Waals surface area contributed by atoms with Crippen molar-refractivity contribution in [3.63, 3.8) is 0 Å². The van der Waals surface area contributed by atoms with Crippen LogP contribution in [0.3, 0.4) is 0 Å². The molecule has 2 aromatic rings. The number of carbonyl (C=O) groups excluding carboxylic acids is 3. The third-order valence-corrected chi connectivity index (χ3v) is 5.29. The van der Waals surface area contributed by atoms with Crippen LogP contribution in [-0.4, -0.2) is 64.3 Å². The summed E-state index contributed by atoms with van der Waals surface area (Å²) in [6.45, 7) is -0.338. The van der Waals surface area contributed by atoms with Crippen LogP contribution in [0.15, 0.2) is 54.6 Å². The van der Waals surface area contributed by atoms with Gasteiger partial charge in [0.15, 0.2) is 0 Å². The molecule has 0 radical (unpaired) electrons. The first-order valence-corrected chi connectivity index (χ1v) is 11.1. The van der Waals surface area contributed by atoms with Gasteiger partial charge in [-0.05, 0) is 23.3 Å². The van der Waals surface area contributed by atoms with E-state index in [0.29, 0.717) is 5.56 Å². The molecule has 0 heterocycles. The van der Waals surface area contributed by atoms with Crippen LogP contribution in [0.2, 0.25) is 0 Å². The number of carbonyl (C=O) groups is 4. The Morgan fingerprint density at radius 1 is 0.794 bits per heavy atom. The maximum absolute atomic E-state index is 13.1. The van der Waals surface area contributed by atoms with Gasteiger partial charge in [0.2, 0.25) is 17.7 Å². The Labute approximate surface area is 202 Å². The first kappa shape index (κ1) is 26.7.